The number of carbonyl (C=O) groups is 1. The van der Waals surface area contributed by atoms with Gasteiger partial charge in [-0.25, -0.2) is 0 Å². The van der Waals surface area contributed by atoms with E-state index in [0.717, 1.165) is 4.90 Å². The highest BCUT2D eigenvalue weighted by Gasteiger charge is 2.63. The van der Waals surface area contributed by atoms with Gasteiger partial charge in [0.2, 0.25) is 0 Å². The summed E-state index contributed by atoms with van der Waals surface area (Å²) in [5, 5.41) is 17.9. The third-order valence-corrected chi connectivity index (χ3v) is 5.11. The van der Waals surface area contributed by atoms with Gasteiger partial charge in [-0.2, -0.15) is 18.9 Å². The van der Waals surface area contributed by atoms with Gasteiger partial charge in [-0.3, -0.25) is 9.48 Å². The lowest BCUT2D eigenvalue weighted by Crippen LogP contribution is -2.62. The Morgan fingerprint density at radius 1 is 1.44 bits per heavy atom. The van der Waals surface area contributed by atoms with E-state index in [0.29, 0.717) is 12.0 Å². The van der Waals surface area contributed by atoms with Crippen LogP contribution in [-0.4, -0.2) is 67.1 Å². The number of halogens is 2. The topological polar surface area (TPSA) is 107 Å². The van der Waals surface area contributed by atoms with E-state index in [-0.39, 0.29) is 44.3 Å². The maximum Gasteiger partial charge on any atom is 0.352 e. The first-order chi connectivity index (χ1) is 12.8. The molecular weight excluding hydrogens is 364 g/mol. The molecule has 1 saturated heterocycles. The molecule has 146 valence electrons. The van der Waals surface area contributed by atoms with E-state index in [1.165, 1.54) is 6.20 Å². The van der Waals surface area contributed by atoms with E-state index in [2.05, 4.69) is 15.2 Å². The van der Waals surface area contributed by atoms with Gasteiger partial charge in [-0.05, 0) is 19.3 Å². The van der Waals surface area contributed by atoms with Gasteiger partial charge in [0, 0.05) is 19.8 Å². The van der Waals surface area contributed by atoms with Crippen molar-refractivity contribution >= 4 is 5.91 Å². The third-order valence-electron chi connectivity index (χ3n) is 5.11. The van der Waals surface area contributed by atoms with E-state index in [4.69, 9.17) is 9.26 Å². The summed E-state index contributed by atoms with van der Waals surface area (Å²) in [6.07, 6.45) is 3.45. The summed E-state index contributed by atoms with van der Waals surface area (Å²) in [7, 11) is 1.73. The number of aliphatic hydroxyl groups is 1. The first kappa shape index (κ1) is 18.0. The summed E-state index contributed by atoms with van der Waals surface area (Å²) in [5.41, 5.74) is -1.72. The highest BCUT2D eigenvalue weighted by atomic mass is 19.3. The fourth-order valence-corrected chi connectivity index (χ4v) is 3.28. The highest BCUT2D eigenvalue weighted by Crippen LogP contribution is 2.46. The molecule has 27 heavy (non-hydrogen) atoms. The first-order valence-corrected chi connectivity index (χ1v) is 8.63. The van der Waals surface area contributed by atoms with Gasteiger partial charge in [-0.1, -0.05) is 5.16 Å². The van der Waals surface area contributed by atoms with E-state index >= 15 is 0 Å². The number of carbonyl (C=O) groups excluding carboxylic acids is 1. The van der Waals surface area contributed by atoms with Gasteiger partial charge < -0.3 is 19.3 Å². The SMILES string of the molecule is Cn1cc(-c2nc(C3COCCN3C(=O)C(F)(F)C3(O)CCC3)no2)cn1. The molecule has 0 bridgehead atoms. The van der Waals surface area contributed by atoms with E-state index in [1.54, 1.807) is 17.9 Å². The summed E-state index contributed by atoms with van der Waals surface area (Å²) in [6.45, 7) is 0.0300. The van der Waals surface area contributed by atoms with Crippen LogP contribution < -0.4 is 0 Å². The second kappa shape index (κ2) is 6.34. The Hall–Kier alpha value is -2.40. The molecule has 0 aromatic carbocycles. The number of rotatable bonds is 4. The molecule has 1 aliphatic carbocycles. The van der Waals surface area contributed by atoms with Crippen LogP contribution >= 0.6 is 0 Å². The fraction of sp³-hybridized carbons (Fsp3) is 0.625. The minimum atomic E-state index is -3.88. The van der Waals surface area contributed by atoms with Crippen molar-refractivity contribution in [1.82, 2.24) is 24.8 Å². The van der Waals surface area contributed by atoms with E-state index in [9.17, 15) is 18.7 Å². The molecule has 1 unspecified atom stereocenters. The zero-order valence-corrected chi connectivity index (χ0v) is 14.6. The van der Waals surface area contributed by atoms with Crippen LogP contribution in [0.2, 0.25) is 0 Å². The molecule has 1 N–H and O–H groups in total. The molecule has 2 aromatic heterocycles. The predicted octanol–water partition coefficient (Wildman–Crippen LogP) is 0.920. The van der Waals surface area contributed by atoms with Crippen LogP contribution in [0.1, 0.15) is 31.1 Å². The lowest BCUT2D eigenvalue weighted by atomic mass is 9.75. The molecule has 0 spiro atoms. The second-order valence-corrected chi connectivity index (χ2v) is 6.91. The van der Waals surface area contributed by atoms with Crippen LogP contribution in [0.4, 0.5) is 8.78 Å². The minimum absolute atomic E-state index is 0.0355. The zero-order chi connectivity index (χ0) is 19.2. The molecule has 9 nitrogen and oxygen atoms in total. The van der Waals surface area contributed by atoms with Gasteiger partial charge >= 0.3 is 5.92 Å². The number of nitrogens with zero attached hydrogens (tertiary/aromatic N) is 5. The maximum absolute atomic E-state index is 14.6. The van der Waals surface area contributed by atoms with Crippen molar-refractivity contribution in [2.24, 2.45) is 7.05 Å². The first-order valence-electron chi connectivity index (χ1n) is 8.63. The fourth-order valence-electron chi connectivity index (χ4n) is 3.28. The number of aromatic nitrogens is 4. The standard InChI is InChI=1S/C16H19F2N5O4/c1-22-8-10(7-19-22)13-20-12(21-27-13)11-9-26-6-5-23(11)14(24)16(17,18)15(25)3-2-4-15/h7-8,11,25H,2-6,9H2,1H3. The molecule has 1 aliphatic heterocycles. The molecule has 4 rings (SSSR count). The molecular formula is C16H19F2N5O4. The average Bonchev–Trinajstić information content (AvgIpc) is 3.27. The van der Waals surface area contributed by atoms with Crippen LogP contribution in [0.15, 0.2) is 16.9 Å². The van der Waals surface area contributed by atoms with Gasteiger partial charge in [0.05, 0.1) is 25.0 Å². The summed E-state index contributed by atoms with van der Waals surface area (Å²) < 4.78 is 41.3. The van der Waals surface area contributed by atoms with Crippen molar-refractivity contribution in [2.75, 3.05) is 19.8 Å². The largest absolute Gasteiger partial charge is 0.383 e. The Labute approximate surface area is 152 Å². The number of aryl methyl sites for hydroxylation is 1. The van der Waals surface area contributed by atoms with Crippen molar-refractivity contribution in [1.29, 1.82) is 0 Å². The van der Waals surface area contributed by atoms with Crippen LogP contribution in [-0.2, 0) is 16.6 Å². The molecule has 1 atom stereocenters. The molecule has 2 aliphatic rings. The lowest BCUT2D eigenvalue weighted by molar-refractivity contribution is -0.227. The summed E-state index contributed by atoms with van der Waals surface area (Å²) in [6, 6.07) is -0.921. The Kier molecular flexibility index (Phi) is 4.22. The van der Waals surface area contributed by atoms with Gasteiger partial charge in [0.1, 0.15) is 11.6 Å². The monoisotopic (exact) mass is 383 g/mol. The summed E-state index contributed by atoms with van der Waals surface area (Å²) in [4.78, 5) is 17.8. The quantitative estimate of drug-likeness (QED) is 0.837. The van der Waals surface area contributed by atoms with E-state index in [1.807, 2.05) is 0 Å². The normalized spacial score (nSPS) is 22.5. The Bertz CT molecular complexity index is 847. The maximum atomic E-state index is 14.6. The summed E-state index contributed by atoms with van der Waals surface area (Å²) >= 11 is 0. The van der Waals surface area contributed by atoms with Crippen LogP contribution in [0.3, 0.4) is 0 Å². The summed E-state index contributed by atoms with van der Waals surface area (Å²) in [5.74, 6) is -5.08. The molecule has 11 heteroatoms. The number of morpholine rings is 1. The van der Waals surface area contributed by atoms with Crippen LogP contribution in [0, 0.1) is 0 Å². The van der Waals surface area contributed by atoms with Gasteiger partial charge in [0.15, 0.2) is 5.82 Å². The van der Waals surface area contributed by atoms with E-state index < -0.39 is 23.5 Å². The molecule has 3 heterocycles. The zero-order valence-electron chi connectivity index (χ0n) is 14.6. The van der Waals surface area contributed by atoms with Crippen molar-refractivity contribution in [3.05, 3.63) is 18.2 Å². The Morgan fingerprint density at radius 3 is 2.85 bits per heavy atom. The Balaban J connectivity index is 1.59. The number of alkyl halides is 2. The van der Waals surface area contributed by atoms with Crippen molar-refractivity contribution < 1.29 is 27.9 Å². The molecule has 1 amide bonds. The number of hydrogen-bond acceptors (Lipinski definition) is 7. The minimum Gasteiger partial charge on any atom is -0.383 e. The highest BCUT2D eigenvalue weighted by molar-refractivity contribution is 5.85. The molecule has 2 aromatic rings. The second-order valence-electron chi connectivity index (χ2n) is 6.91. The van der Waals surface area contributed by atoms with Crippen LogP contribution in [0.25, 0.3) is 11.5 Å². The number of hydrogen-bond donors (Lipinski definition) is 1. The number of ether oxygens (including phenoxy) is 1. The smallest absolute Gasteiger partial charge is 0.352 e. The third kappa shape index (κ3) is 2.90. The van der Waals surface area contributed by atoms with Gasteiger partial charge in [0.25, 0.3) is 11.8 Å². The molecule has 2 fully saturated rings. The van der Waals surface area contributed by atoms with Crippen molar-refractivity contribution in [3.63, 3.8) is 0 Å². The Morgan fingerprint density at radius 2 is 2.22 bits per heavy atom. The molecule has 0 radical (unpaired) electrons. The van der Waals surface area contributed by atoms with Gasteiger partial charge in [-0.15, -0.1) is 0 Å². The van der Waals surface area contributed by atoms with Crippen molar-refractivity contribution in [3.8, 4) is 11.5 Å². The number of amides is 1. The van der Waals surface area contributed by atoms with Crippen molar-refractivity contribution in [2.45, 2.75) is 36.8 Å². The molecule has 1 saturated carbocycles. The van der Waals surface area contributed by atoms with Crippen LogP contribution in [0.5, 0.6) is 0 Å². The predicted molar refractivity (Wildman–Crippen MR) is 85.5 cm³/mol. The lowest BCUT2D eigenvalue weighted by Gasteiger charge is -2.44. The average molecular weight is 383 g/mol.